The van der Waals surface area contributed by atoms with Crippen LogP contribution in [0.5, 0.6) is 0 Å². The highest BCUT2D eigenvalue weighted by atomic mass is 32.2. The smallest absolute Gasteiger partial charge is 0.248 e. The molecule has 2 amide bonds. The average Bonchev–Trinajstić information content (AvgIpc) is 2.36. The van der Waals surface area contributed by atoms with Gasteiger partial charge in [0.05, 0.1) is 6.54 Å². The van der Waals surface area contributed by atoms with Gasteiger partial charge in [-0.2, -0.15) is 11.8 Å². The van der Waals surface area contributed by atoms with E-state index in [1.165, 1.54) is 6.42 Å². The van der Waals surface area contributed by atoms with Gasteiger partial charge in [0.2, 0.25) is 11.8 Å². The van der Waals surface area contributed by atoms with E-state index in [0.717, 1.165) is 44.4 Å². The van der Waals surface area contributed by atoms with E-state index < -0.39 is 5.54 Å². The van der Waals surface area contributed by atoms with Crippen molar-refractivity contribution in [2.24, 2.45) is 0 Å². The van der Waals surface area contributed by atoms with Crippen molar-refractivity contribution >= 4 is 23.6 Å². The van der Waals surface area contributed by atoms with E-state index >= 15 is 0 Å². The molecule has 1 N–H and O–H groups in total. The fraction of sp³-hybridized carbons (Fsp3) is 0.846. The van der Waals surface area contributed by atoms with Crippen molar-refractivity contribution in [3.8, 4) is 0 Å². The molecular formula is C13H22N2O2S. The summed E-state index contributed by atoms with van der Waals surface area (Å²) in [6.45, 7) is 0.962. The molecule has 0 radical (unpaired) electrons. The molecule has 1 saturated carbocycles. The zero-order chi connectivity index (χ0) is 13.0. The SMILES string of the molecule is CSCCCN1CC(=O)NC2(CCCCC2)C1=O. The molecule has 0 aromatic heterocycles. The van der Waals surface area contributed by atoms with Crippen molar-refractivity contribution in [1.29, 1.82) is 0 Å². The van der Waals surface area contributed by atoms with Crippen LogP contribution in [0.1, 0.15) is 38.5 Å². The summed E-state index contributed by atoms with van der Waals surface area (Å²) in [5.41, 5.74) is -0.563. The first-order valence-corrected chi connectivity index (χ1v) is 8.17. The third kappa shape index (κ3) is 2.82. The Balaban J connectivity index is 2.03. The summed E-state index contributed by atoms with van der Waals surface area (Å²) in [5.74, 6) is 1.21. The Bertz CT molecular complexity index is 327. The minimum atomic E-state index is -0.563. The first-order valence-electron chi connectivity index (χ1n) is 6.77. The minimum absolute atomic E-state index is 0.0145. The van der Waals surface area contributed by atoms with Crippen molar-refractivity contribution in [3.63, 3.8) is 0 Å². The summed E-state index contributed by atoms with van der Waals surface area (Å²) < 4.78 is 0. The summed E-state index contributed by atoms with van der Waals surface area (Å²) >= 11 is 1.78. The zero-order valence-corrected chi connectivity index (χ0v) is 11.9. The van der Waals surface area contributed by atoms with Gasteiger partial charge in [0.25, 0.3) is 0 Å². The molecule has 0 aromatic carbocycles. The Morgan fingerprint density at radius 1 is 1.28 bits per heavy atom. The number of thioether (sulfide) groups is 1. The van der Waals surface area contributed by atoms with Crippen LogP contribution < -0.4 is 5.32 Å². The van der Waals surface area contributed by atoms with Gasteiger partial charge in [-0.1, -0.05) is 19.3 Å². The second-order valence-electron chi connectivity index (χ2n) is 5.26. The molecule has 0 aromatic rings. The summed E-state index contributed by atoms with van der Waals surface area (Å²) in [7, 11) is 0. The average molecular weight is 270 g/mol. The number of hydrogen-bond donors (Lipinski definition) is 1. The van der Waals surface area contributed by atoms with Crippen LogP contribution in [0.2, 0.25) is 0 Å². The molecule has 1 aliphatic heterocycles. The lowest BCUT2D eigenvalue weighted by Crippen LogP contribution is -2.67. The van der Waals surface area contributed by atoms with E-state index in [1.807, 2.05) is 0 Å². The van der Waals surface area contributed by atoms with Crippen LogP contribution >= 0.6 is 11.8 Å². The van der Waals surface area contributed by atoms with Crippen LogP contribution in [0.4, 0.5) is 0 Å². The van der Waals surface area contributed by atoms with Crippen LogP contribution in [0.3, 0.4) is 0 Å². The van der Waals surface area contributed by atoms with Crippen molar-refractivity contribution < 1.29 is 9.59 Å². The van der Waals surface area contributed by atoms with E-state index in [2.05, 4.69) is 11.6 Å². The summed E-state index contributed by atoms with van der Waals surface area (Å²) in [6, 6.07) is 0. The molecule has 2 fully saturated rings. The molecule has 2 rings (SSSR count). The number of carbonyl (C=O) groups excluding carboxylic acids is 2. The normalized spacial score (nSPS) is 23.3. The van der Waals surface area contributed by atoms with Gasteiger partial charge in [-0.15, -0.1) is 0 Å². The first-order chi connectivity index (χ1) is 8.68. The maximum absolute atomic E-state index is 12.5. The van der Waals surface area contributed by atoms with E-state index in [0.29, 0.717) is 0 Å². The molecule has 102 valence electrons. The molecule has 4 nitrogen and oxygen atoms in total. The molecule has 0 atom stereocenters. The Morgan fingerprint density at radius 2 is 2.00 bits per heavy atom. The van der Waals surface area contributed by atoms with Crippen molar-refractivity contribution in [1.82, 2.24) is 10.2 Å². The first kappa shape index (κ1) is 13.7. The second kappa shape index (κ2) is 5.95. The molecule has 1 spiro atoms. The van der Waals surface area contributed by atoms with E-state index in [-0.39, 0.29) is 18.4 Å². The molecule has 1 saturated heterocycles. The lowest BCUT2D eigenvalue weighted by Gasteiger charge is -2.44. The second-order valence-corrected chi connectivity index (χ2v) is 6.25. The quantitative estimate of drug-likeness (QED) is 0.786. The Kier molecular flexibility index (Phi) is 4.54. The zero-order valence-electron chi connectivity index (χ0n) is 11.0. The molecule has 18 heavy (non-hydrogen) atoms. The van der Waals surface area contributed by atoms with Crippen LogP contribution in [0, 0.1) is 0 Å². The number of nitrogens with one attached hydrogen (secondary N) is 1. The number of carbonyl (C=O) groups is 2. The van der Waals surface area contributed by atoms with Gasteiger partial charge < -0.3 is 10.2 Å². The molecule has 5 heteroatoms. The molecule has 0 unspecified atom stereocenters. The van der Waals surface area contributed by atoms with Crippen molar-refractivity contribution in [2.45, 2.75) is 44.1 Å². The van der Waals surface area contributed by atoms with Crippen molar-refractivity contribution in [2.75, 3.05) is 25.1 Å². The van der Waals surface area contributed by atoms with Gasteiger partial charge in [-0.25, -0.2) is 0 Å². The highest BCUT2D eigenvalue weighted by Crippen LogP contribution is 2.31. The van der Waals surface area contributed by atoms with Gasteiger partial charge in [0.15, 0.2) is 0 Å². The molecule has 2 aliphatic rings. The van der Waals surface area contributed by atoms with Gasteiger partial charge >= 0.3 is 0 Å². The molecule has 1 heterocycles. The van der Waals surface area contributed by atoms with E-state index in [9.17, 15) is 9.59 Å². The predicted molar refractivity (Wildman–Crippen MR) is 73.5 cm³/mol. The van der Waals surface area contributed by atoms with Crippen LogP contribution in [-0.2, 0) is 9.59 Å². The van der Waals surface area contributed by atoms with Crippen LogP contribution in [0.25, 0.3) is 0 Å². The third-order valence-corrected chi connectivity index (χ3v) is 4.59. The Labute approximate surface area is 113 Å². The van der Waals surface area contributed by atoms with Gasteiger partial charge in [-0.3, -0.25) is 9.59 Å². The fourth-order valence-corrected chi connectivity index (χ4v) is 3.40. The standard InChI is InChI=1S/C13H22N2O2S/c1-18-9-5-8-15-10-11(16)14-13(12(15)17)6-3-2-4-7-13/h2-10H2,1H3,(H,14,16). The lowest BCUT2D eigenvalue weighted by atomic mass is 9.79. The predicted octanol–water partition coefficient (Wildman–Crippen LogP) is 1.40. The number of rotatable bonds is 4. The minimum Gasteiger partial charge on any atom is -0.340 e. The lowest BCUT2D eigenvalue weighted by molar-refractivity contribution is -0.151. The largest absolute Gasteiger partial charge is 0.340 e. The van der Waals surface area contributed by atoms with Crippen molar-refractivity contribution in [3.05, 3.63) is 0 Å². The maximum Gasteiger partial charge on any atom is 0.248 e. The number of piperazine rings is 1. The van der Waals surface area contributed by atoms with Crippen LogP contribution in [0.15, 0.2) is 0 Å². The summed E-state index contributed by atoms with van der Waals surface area (Å²) in [4.78, 5) is 26.1. The number of nitrogens with zero attached hydrogens (tertiary/aromatic N) is 1. The number of hydrogen-bond acceptors (Lipinski definition) is 3. The van der Waals surface area contributed by atoms with Crippen LogP contribution in [-0.4, -0.2) is 47.4 Å². The van der Waals surface area contributed by atoms with Gasteiger partial charge in [0.1, 0.15) is 5.54 Å². The van der Waals surface area contributed by atoms with E-state index in [1.54, 1.807) is 16.7 Å². The highest BCUT2D eigenvalue weighted by Gasteiger charge is 2.46. The van der Waals surface area contributed by atoms with Gasteiger partial charge in [0, 0.05) is 6.54 Å². The molecular weight excluding hydrogens is 248 g/mol. The Morgan fingerprint density at radius 3 is 2.67 bits per heavy atom. The molecule has 1 aliphatic carbocycles. The summed E-state index contributed by atoms with van der Waals surface area (Å²) in [6.07, 6.45) is 7.93. The fourth-order valence-electron chi connectivity index (χ4n) is 2.98. The third-order valence-electron chi connectivity index (χ3n) is 3.89. The monoisotopic (exact) mass is 270 g/mol. The van der Waals surface area contributed by atoms with Gasteiger partial charge in [-0.05, 0) is 31.3 Å². The maximum atomic E-state index is 12.5. The highest BCUT2D eigenvalue weighted by molar-refractivity contribution is 7.98. The summed E-state index contributed by atoms with van der Waals surface area (Å²) in [5, 5.41) is 2.97. The Hall–Kier alpha value is -0.710. The topological polar surface area (TPSA) is 49.4 Å². The van der Waals surface area contributed by atoms with E-state index in [4.69, 9.17) is 0 Å². The number of amides is 2. The molecule has 0 bridgehead atoms.